The maximum atomic E-state index is 13.1. The van der Waals surface area contributed by atoms with Gasteiger partial charge in [0, 0.05) is 39.4 Å². The van der Waals surface area contributed by atoms with Crippen molar-refractivity contribution in [2.45, 2.75) is 37.2 Å². The van der Waals surface area contributed by atoms with Gasteiger partial charge < -0.3 is 4.74 Å². The highest BCUT2D eigenvalue weighted by Crippen LogP contribution is 2.34. The maximum Gasteiger partial charge on any atom is 0.246 e. The molecule has 3 aromatic rings. The first kappa shape index (κ1) is 19.0. The molecule has 0 aromatic carbocycles. The van der Waals surface area contributed by atoms with Crippen LogP contribution < -0.4 is 0 Å². The summed E-state index contributed by atoms with van der Waals surface area (Å²) in [5.74, 6) is 0.0834. The molecule has 9 nitrogen and oxygen atoms in total. The monoisotopic (exact) mass is 404 g/mol. The smallest absolute Gasteiger partial charge is 0.246 e. The lowest BCUT2D eigenvalue weighted by Gasteiger charge is -2.37. The van der Waals surface area contributed by atoms with E-state index in [1.54, 1.807) is 30.3 Å². The summed E-state index contributed by atoms with van der Waals surface area (Å²) < 4.78 is 36.8. The molecule has 4 heterocycles. The zero-order valence-electron chi connectivity index (χ0n) is 16.4. The fourth-order valence-electron chi connectivity index (χ4n) is 3.93. The lowest BCUT2D eigenvalue weighted by atomic mass is 9.86. The Morgan fingerprint density at radius 1 is 1.25 bits per heavy atom. The molecule has 150 valence electrons. The lowest BCUT2D eigenvalue weighted by molar-refractivity contribution is 0.0387. The van der Waals surface area contributed by atoms with Gasteiger partial charge in [-0.15, -0.1) is 0 Å². The van der Waals surface area contributed by atoms with E-state index >= 15 is 0 Å². The molecule has 0 saturated carbocycles. The van der Waals surface area contributed by atoms with Crippen LogP contribution in [0.5, 0.6) is 0 Å². The highest BCUT2D eigenvalue weighted by Gasteiger charge is 2.38. The van der Waals surface area contributed by atoms with Gasteiger partial charge in [-0.1, -0.05) is 0 Å². The van der Waals surface area contributed by atoms with Crippen molar-refractivity contribution in [2.24, 2.45) is 7.05 Å². The Hall–Kier alpha value is -2.30. The number of pyridine rings is 1. The average Bonchev–Trinajstić information content (AvgIpc) is 3.27. The molecule has 0 N–H and O–H groups in total. The number of aromatic nitrogens is 5. The van der Waals surface area contributed by atoms with Crippen LogP contribution >= 0.6 is 0 Å². The Bertz CT molecular complexity index is 1120. The van der Waals surface area contributed by atoms with Gasteiger partial charge in [0.15, 0.2) is 5.65 Å². The summed E-state index contributed by atoms with van der Waals surface area (Å²) in [5, 5.41) is 8.30. The van der Waals surface area contributed by atoms with E-state index in [2.05, 4.69) is 15.2 Å². The number of fused-ring (bicyclic) bond motifs is 1. The Kier molecular flexibility index (Phi) is 4.72. The van der Waals surface area contributed by atoms with Crippen LogP contribution in [0.4, 0.5) is 0 Å². The van der Waals surface area contributed by atoms with Gasteiger partial charge in [0.1, 0.15) is 11.2 Å². The second-order valence-corrected chi connectivity index (χ2v) is 9.13. The van der Waals surface area contributed by atoms with Gasteiger partial charge in [-0.2, -0.15) is 14.5 Å². The molecule has 2 atom stereocenters. The van der Waals surface area contributed by atoms with Crippen LogP contribution in [-0.2, 0) is 21.8 Å². The standard InChI is InChI=1S/C18H24N6O3S/c1-12-7-18-19-11-21-24(18)9-15(12)14-5-6-23(10-16(14)27-4)28(25,26)17-8-20-22(3)13(17)2/h7-9,11,14,16H,5-6,10H2,1-4H3/t14-,16+/m0/s1. The van der Waals surface area contributed by atoms with E-state index in [0.29, 0.717) is 25.2 Å². The molecule has 0 unspecified atom stereocenters. The quantitative estimate of drug-likeness (QED) is 0.650. The number of nitrogens with zero attached hydrogens (tertiary/aromatic N) is 6. The Morgan fingerprint density at radius 2 is 2.04 bits per heavy atom. The normalized spacial score (nSPS) is 21.4. The van der Waals surface area contributed by atoms with Crippen LogP contribution in [0.15, 0.2) is 29.7 Å². The third-order valence-electron chi connectivity index (χ3n) is 5.70. The van der Waals surface area contributed by atoms with Gasteiger partial charge in [-0.25, -0.2) is 17.9 Å². The molecular formula is C18H24N6O3S. The van der Waals surface area contributed by atoms with Gasteiger partial charge in [0.05, 0.1) is 18.0 Å². The summed E-state index contributed by atoms with van der Waals surface area (Å²) in [4.78, 5) is 4.47. The van der Waals surface area contributed by atoms with Crippen LogP contribution in [0.25, 0.3) is 5.65 Å². The Morgan fingerprint density at radius 3 is 2.71 bits per heavy atom. The Labute approximate surface area is 164 Å². The van der Waals surface area contributed by atoms with Crippen molar-refractivity contribution in [3.63, 3.8) is 0 Å². The zero-order chi connectivity index (χ0) is 20.1. The predicted octanol–water partition coefficient (Wildman–Crippen LogP) is 1.27. The average molecular weight is 404 g/mol. The van der Waals surface area contributed by atoms with Crippen molar-refractivity contribution in [3.05, 3.63) is 41.6 Å². The molecule has 10 heteroatoms. The summed E-state index contributed by atoms with van der Waals surface area (Å²) in [6.07, 6.45) is 5.33. The molecule has 1 fully saturated rings. The highest BCUT2D eigenvalue weighted by molar-refractivity contribution is 7.89. The lowest BCUT2D eigenvalue weighted by Crippen LogP contribution is -2.46. The molecule has 4 rings (SSSR count). The number of sulfonamides is 1. The summed E-state index contributed by atoms with van der Waals surface area (Å²) in [7, 11) is -0.245. The molecule has 1 saturated heterocycles. The summed E-state index contributed by atoms with van der Waals surface area (Å²) in [5.41, 5.74) is 3.64. The largest absolute Gasteiger partial charge is 0.379 e. The van der Waals surface area contributed by atoms with Gasteiger partial charge in [0.2, 0.25) is 10.0 Å². The van der Waals surface area contributed by atoms with E-state index in [0.717, 1.165) is 16.8 Å². The predicted molar refractivity (Wildman–Crippen MR) is 103 cm³/mol. The van der Waals surface area contributed by atoms with Crippen LogP contribution in [0.2, 0.25) is 0 Å². The molecule has 3 aromatic heterocycles. The van der Waals surface area contributed by atoms with Crippen LogP contribution in [-0.4, -0.2) is 63.4 Å². The molecule has 1 aliphatic heterocycles. The first-order valence-electron chi connectivity index (χ1n) is 9.14. The number of methoxy groups -OCH3 is 1. The van der Waals surface area contributed by atoms with Crippen molar-refractivity contribution in [1.82, 2.24) is 28.7 Å². The molecular weight excluding hydrogens is 380 g/mol. The van der Waals surface area contributed by atoms with E-state index in [4.69, 9.17) is 4.74 Å². The van der Waals surface area contributed by atoms with E-state index in [1.807, 2.05) is 19.2 Å². The van der Waals surface area contributed by atoms with Crippen molar-refractivity contribution in [3.8, 4) is 0 Å². The SMILES string of the molecule is CO[C@@H]1CN(S(=O)(=O)c2cnn(C)c2C)CC[C@H]1c1cn2ncnc2cc1C. The number of aryl methyl sites for hydroxylation is 2. The van der Waals surface area contributed by atoms with Crippen molar-refractivity contribution >= 4 is 15.7 Å². The van der Waals surface area contributed by atoms with Gasteiger partial charge in [-0.05, 0) is 37.5 Å². The number of hydrogen-bond acceptors (Lipinski definition) is 6. The van der Waals surface area contributed by atoms with E-state index in [9.17, 15) is 8.42 Å². The third kappa shape index (κ3) is 3.01. The van der Waals surface area contributed by atoms with Crippen molar-refractivity contribution in [2.75, 3.05) is 20.2 Å². The summed E-state index contributed by atoms with van der Waals surface area (Å²) in [6.45, 7) is 4.53. The number of piperidine rings is 1. The topological polar surface area (TPSA) is 94.6 Å². The first-order chi connectivity index (χ1) is 13.3. The minimum absolute atomic E-state index is 0.0834. The fourth-order valence-corrected chi connectivity index (χ4v) is 5.59. The number of hydrogen-bond donors (Lipinski definition) is 0. The number of ether oxygens (including phenoxy) is 1. The number of rotatable bonds is 4. The summed E-state index contributed by atoms with van der Waals surface area (Å²) >= 11 is 0. The molecule has 0 spiro atoms. The van der Waals surface area contributed by atoms with Crippen LogP contribution in [0, 0.1) is 13.8 Å². The van der Waals surface area contributed by atoms with E-state index in [-0.39, 0.29) is 16.9 Å². The maximum absolute atomic E-state index is 13.1. The van der Waals surface area contributed by atoms with Crippen LogP contribution in [0.3, 0.4) is 0 Å². The Balaban J connectivity index is 1.63. The third-order valence-corrected chi connectivity index (χ3v) is 7.66. The van der Waals surface area contributed by atoms with Gasteiger partial charge in [0.25, 0.3) is 0 Å². The first-order valence-corrected chi connectivity index (χ1v) is 10.6. The molecule has 28 heavy (non-hydrogen) atoms. The second-order valence-electron chi connectivity index (χ2n) is 7.22. The van der Waals surface area contributed by atoms with Crippen LogP contribution in [0.1, 0.15) is 29.2 Å². The van der Waals surface area contributed by atoms with Crippen molar-refractivity contribution in [1.29, 1.82) is 0 Å². The van der Waals surface area contributed by atoms with Gasteiger partial charge >= 0.3 is 0 Å². The fraction of sp³-hybridized carbons (Fsp3) is 0.500. The zero-order valence-corrected chi connectivity index (χ0v) is 17.2. The molecule has 0 radical (unpaired) electrons. The second kappa shape index (κ2) is 6.94. The minimum atomic E-state index is -3.61. The molecule has 0 aliphatic carbocycles. The molecule has 0 bridgehead atoms. The van der Waals surface area contributed by atoms with Crippen molar-refractivity contribution < 1.29 is 13.2 Å². The summed E-state index contributed by atoms with van der Waals surface area (Å²) in [6, 6.07) is 2.00. The highest BCUT2D eigenvalue weighted by atomic mass is 32.2. The molecule has 0 amide bonds. The van der Waals surface area contributed by atoms with Gasteiger partial charge in [-0.3, -0.25) is 4.68 Å². The van der Waals surface area contributed by atoms with E-state index in [1.165, 1.54) is 16.8 Å². The molecule has 1 aliphatic rings. The minimum Gasteiger partial charge on any atom is -0.379 e. The van der Waals surface area contributed by atoms with E-state index < -0.39 is 10.0 Å².